The highest BCUT2D eigenvalue weighted by molar-refractivity contribution is 7.99. The second-order valence-corrected chi connectivity index (χ2v) is 7.83. The van der Waals surface area contributed by atoms with Crippen LogP contribution in [0.4, 0.5) is 0 Å². The lowest BCUT2D eigenvalue weighted by molar-refractivity contribution is 0.542. The van der Waals surface area contributed by atoms with Gasteiger partial charge >= 0.3 is 5.69 Å². The Bertz CT molecular complexity index is 613. The third-order valence-electron chi connectivity index (χ3n) is 4.60. The molecule has 1 saturated carbocycles. The van der Waals surface area contributed by atoms with Gasteiger partial charge in [0.05, 0.1) is 5.56 Å². The Labute approximate surface area is 133 Å². The molecular weight excluding hydrogens is 308 g/mol. The van der Waals surface area contributed by atoms with Crippen molar-refractivity contribution in [1.82, 2.24) is 9.55 Å². The van der Waals surface area contributed by atoms with Gasteiger partial charge in [0.25, 0.3) is 5.56 Å². The second-order valence-electron chi connectivity index (χ2n) is 6.04. The van der Waals surface area contributed by atoms with E-state index >= 15 is 0 Å². The van der Waals surface area contributed by atoms with Crippen molar-refractivity contribution in [2.75, 3.05) is 5.75 Å². The van der Waals surface area contributed by atoms with Crippen molar-refractivity contribution in [3.8, 4) is 0 Å². The number of hydrogen-bond acceptors (Lipinski definition) is 3. The number of aromatic amines is 1. The molecule has 1 aliphatic carbocycles. The predicted octanol–water partition coefficient (Wildman–Crippen LogP) is 3.13. The highest BCUT2D eigenvalue weighted by Crippen LogP contribution is 2.34. The molecule has 3 rings (SSSR count). The molecule has 1 aliphatic heterocycles. The molecule has 1 N–H and O–H groups in total. The summed E-state index contributed by atoms with van der Waals surface area (Å²) in [5, 5.41) is 0.625. The maximum atomic E-state index is 12.7. The van der Waals surface area contributed by atoms with Crippen molar-refractivity contribution in [3.05, 3.63) is 31.6 Å². The zero-order chi connectivity index (χ0) is 14.8. The van der Waals surface area contributed by atoms with E-state index in [1.165, 1.54) is 17.4 Å². The standard InChI is InChI=1S/C15H21ClN2O2S/c16-13-12(10-5-1-2-6-10)14(19)18(15(20)17-13)9-11-7-3-4-8-21-11/h10-11H,1-9H2,(H,17,20). The summed E-state index contributed by atoms with van der Waals surface area (Å²) in [7, 11) is 0. The van der Waals surface area contributed by atoms with Crippen LogP contribution in [0.15, 0.2) is 9.59 Å². The first kappa shape index (κ1) is 15.2. The van der Waals surface area contributed by atoms with Crippen molar-refractivity contribution >= 4 is 23.4 Å². The average molecular weight is 329 g/mol. The van der Waals surface area contributed by atoms with Crippen LogP contribution >= 0.6 is 23.4 Å². The van der Waals surface area contributed by atoms with Crippen LogP contribution in [0.3, 0.4) is 0 Å². The Kier molecular flexibility index (Phi) is 4.79. The molecule has 2 heterocycles. The minimum Gasteiger partial charge on any atom is -0.297 e. The molecule has 2 aliphatic rings. The van der Waals surface area contributed by atoms with E-state index in [-0.39, 0.29) is 22.3 Å². The van der Waals surface area contributed by atoms with Gasteiger partial charge in [-0.1, -0.05) is 30.9 Å². The molecule has 1 unspecified atom stereocenters. The lowest BCUT2D eigenvalue weighted by Crippen LogP contribution is -2.40. The second kappa shape index (κ2) is 6.61. The van der Waals surface area contributed by atoms with Gasteiger partial charge in [-0.3, -0.25) is 14.3 Å². The van der Waals surface area contributed by atoms with E-state index in [0.717, 1.165) is 37.9 Å². The Morgan fingerprint density at radius 2 is 1.86 bits per heavy atom. The molecule has 0 bridgehead atoms. The van der Waals surface area contributed by atoms with Crippen molar-refractivity contribution in [3.63, 3.8) is 0 Å². The van der Waals surface area contributed by atoms with E-state index in [2.05, 4.69) is 4.98 Å². The summed E-state index contributed by atoms with van der Waals surface area (Å²) in [6.45, 7) is 0.510. The van der Waals surface area contributed by atoms with Gasteiger partial charge in [-0.2, -0.15) is 11.8 Å². The van der Waals surface area contributed by atoms with Gasteiger partial charge in [-0.25, -0.2) is 4.79 Å². The fourth-order valence-electron chi connectivity index (χ4n) is 3.45. The minimum atomic E-state index is -0.363. The summed E-state index contributed by atoms with van der Waals surface area (Å²) in [4.78, 5) is 27.5. The van der Waals surface area contributed by atoms with Gasteiger partial charge in [0.1, 0.15) is 5.15 Å². The van der Waals surface area contributed by atoms with Crippen LogP contribution in [0.1, 0.15) is 56.4 Å². The Balaban J connectivity index is 1.93. The van der Waals surface area contributed by atoms with Gasteiger partial charge in [0, 0.05) is 11.8 Å². The summed E-state index contributed by atoms with van der Waals surface area (Å²) in [5.41, 5.74) is 0.106. The number of aromatic nitrogens is 2. The van der Waals surface area contributed by atoms with Gasteiger partial charge in [0.2, 0.25) is 0 Å². The first-order chi connectivity index (χ1) is 10.2. The normalized spacial score (nSPS) is 23.6. The van der Waals surface area contributed by atoms with Crippen LogP contribution in [0.5, 0.6) is 0 Å². The largest absolute Gasteiger partial charge is 0.329 e. The number of nitrogens with one attached hydrogen (secondary N) is 1. The molecule has 1 atom stereocenters. The zero-order valence-electron chi connectivity index (χ0n) is 12.1. The summed E-state index contributed by atoms with van der Waals surface area (Å²) in [6.07, 6.45) is 7.78. The maximum absolute atomic E-state index is 12.7. The fraction of sp³-hybridized carbons (Fsp3) is 0.733. The van der Waals surface area contributed by atoms with Gasteiger partial charge < -0.3 is 0 Å². The van der Waals surface area contributed by atoms with Crippen LogP contribution < -0.4 is 11.2 Å². The molecule has 0 radical (unpaired) electrons. The van der Waals surface area contributed by atoms with E-state index in [1.54, 1.807) is 0 Å². The molecule has 4 nitrogen and oxygen atoms in total. The highest BCUT2D eigenvalue weighted by Gasteiger charge is 2.26. The van der Waals surface area contributed by atoms with Crippen LogP contribution in [-0.4, -0.2) is 20.6 Å². The van der Waals surface area contributed by atoms with Crippen LogP contribution in [0, 0.1) is 0 Å². The predicted molar refractivity (Wildman–Crippen MR) is 87.6 cm³/mol. The summed E-state index contributed by atoms with van der Waals surface area (Å²) < 4.78 is 1.38. The SMILES string of the molecule is O=c1[nH]c(Cl)c(C2CCCC2)c(=O)n1CC1CCCCS1. The van der Waals surface area contributed by atoms with Gasteiger partial charge in [-0.05, 0) is 37.4 Å². The van der Waals surface area contributed by atoms with Crippen molar-refractivity contribution in [2.45, 2.75) is 62.7 Å². The molecule has 1 aromatic rings. The smallest absolute Gasteiger partial charge is 0.297 e. The molecule has 0 spiro atoms. The van der Waals surface area contributed by atoms with Gasteiger partial charge in [0.15, 0.2) is 0 Å². The van der Waals surface area contributed by atoms with Crippen LogP contribution in [0.2, 0.25) is 5.15 Å². The number of hydrogen-bond donors (Lipinski definition) is 1. The van der Waals surface area contributed by atoms with E-state index < -0.39 is 0 Å². The number of halogens is 1. The topological polar surface area (TPSA) is 54.9 Å². The molecule has 1 aromatic heterocycles. The Morgan fingerprint density at radius 1 is 1.14 bits per heavy atom. The van der Waals surface area contributed by atoms with Crippen molar-refractivity contribution < 1.29 is 0 Å². The molecular formula is C15H21ClN2O2S. The lowest BCUT2D eigenvalue weighted by atomic mass is 10.0. The van der Waals surface area contributed by atoms with Crippen molar-refractivity contribution in [1.29, 1.82) is 0 Å². The molecule has 2 fully saturated rings. The number of nitrogens with zero attached hydrogens (tertiary/aromatic N) is 1. The quantitative estimate of drug-likeness (QED) is 0.867. The minimum absolute atomic E-state index is 0.165. The number of rotatable bonds is 3. The third-order valence-corrected chi connectivity index (χ3v) is 6.28. The molecule has 0 amide bonds. The zero-order valence-corrected chi connectivity index (χ0v) is 13.6. The van der Waals surface area contributed by atoms with Crippen molar-refractivity contribution in [2.24, 2.45) is 0 Å². The van der Waals surface area contributed by atoms with Gasteiger partial charge in [-0.15, -0.1) is 0 Å². The van der Waals surface area contributed by atoms with E-state index in [1.807, 2.05) is 11.8 Å². The number of thioether (sulfide) groups is 1. The number of H-pyrrole nitrogens is 1. The average Bonchev–Trinajstić information content (AvgIpc) is 2.98. The van der Waals surface area contributed by atoms with Crippen LogP contribution in [-0.2, 0) is 6.54 Å². The monoisotopic (exact) mass is 328 g/mol. The maximum Gasteiger partial charge on any atom is 0.329 e. The van der Waals surface area contributed by atoms with Crippen LogP contribution in [0.25, 0.3) is 0 Å². The third kappa shape index (κ3) is 3.24. The Hall–Kier alpha value is -0.680. The molecule has 1 saturated heterocycles. The first-order valence-electron chi connectivity index (χ1n) is 7.81. The van der Waals surface area contributed by atoms with E-state index in [9.17, 15) is 9.59 Å². The summed E-state index contributed by atoms with van der Waals surface area (Å²) in [6, 6.07) is 0. The molecule has 6 heteroatoms. The summed E-state index contributed by atoms with van der Waals surface area (Å²) >= 11 is 8.03. The van der Waals surface area contributed by atoms with E-state index in [4.69, 9.17) is 11.6 Å². The fourth-order valence-corrected chi connectivity index (χ4v) is 5.06. The lowest BCUT2D eigenvalue weighted by Gasteiger charge is -2.22. The highest BCUT2D eigenvalue weighted by atomic mass is 35.5. The first-order valence-corrected chi connectivity index (χ1v) is 9.23. The van der Waals surface area contributed by atoms with E-state index in [0.29, 0.717) is 17.4 Å². The Morgan fingerprint density at radius 3 is 2.52 bits per heavy atom. The molecule has 21 heavy (non-hydrogen) atoms. The molecule has 0 aromatic carbocycles. The molecule has 116 valence electrons. The summed E-state index contributed by atoms with van der Waals surface area (Å²) in [5.74, 6) is 1.34.